The lowest BCUT2D eigenvalue weighted by Gasteiger charge is -2.06. The van der Waals surface area contributed by atoms with Crippen LogP contribution >= 0.6 is 11.6 Å². The van der Waals surface area contributed by atoms with Crippen molar-refractivity contribution >= 4 is 34.8 Å². The molecule has 1 heterocycles. The molecule has 2 amide bonds. The lowest BCUT2D eigenvalue weighted by atomic mass is 10.2. The first-order chi connectivity index (χ1) is 9.04. The zero-order valence-corrected chi connectivity index (χ0v) is 10.8. The second-order valence-corrected chi connectivity index (χ2v) is 4.19. The zero-order chi connectivity index (χ0) is 13.8. The van der Waals surface area contributed by atoms with Gasteiger partial charge in [-0.3, -0.25) is 9.59 Å². The molecule has 5 nitrogen and oxygen atoms in total. The Hall–Kier alpha value is -2.27. The van der Waals surface area contributed by atoms with Gasteiger partial charge in [0, 0.05) is 18.3 Å². The Labute approximate surface area is 114 Å². The van der Waals surface area contributed by atoms with Crippen LogP contribution in [0.2, 0.25) is 5.22 Å². The van der Waals surface area contributed by atoms with Gasteiger partial charge in [-0.2, -0.15) is 0 Å². The molecule has 0 aliphatic carbocycles. The number of hydrogen-bond acceptors (Lipinski definition) is 3. The molecule has 2 aromatic rings. The average molecular weight is 279 g/mol. The van der Waals surface area contributed by atoms with Crippen LogP contribution in [0.3, 0.4) is 0 Å². The molecule has 0 atom stereocenters. The normalized spacial score (nSPS) is 10.0. The summed E-state index contributed by atoms with van der Waals surface area (Å²) >= 11 is 5.60. The number of benzene rings is 1. The number of anilines is 2. The van der Waals surface area contributed by atoms with E-state index >= 15 is 0 Å². The molecule has 0 bridgehead atoms. The predicted octanol–water partition coefficient (Wildman–Crippen LogP) is 3.14. The Balaban J connectivity index is 2.10. The standard InChI is InChI=1S/C13H11ClN2O3/c1-8(17)15-9-3-2-4-10(7-9)16-13(18)11-5-6-12(14)19-11/h2-7H,1H3,(H,15,17)(H,16,18). The van der Waals surface area contributed by atoms with Crippen LogP contribution in [-0.4, -0.2) is 11.8 Å². The van der Waals surface area contributed by atoms with E-state index in [2.05, 4.69) is 10.6 Å². The number of carbonyl (C=O) groups is 2. The van der Waals surface area contributed by atoms with Crippen molar-refractivity contribution in [1.29, 1.82) is 0 Å². The fraction of sp³-hybridized carbons (Fsp3) is 0.0769. The van der Waals surface area contributed by atoms with Crippen molar-refractivity contribution in [3.05, 3.63) is 47.4 Å². The topological polar surface area (TPSA) is 71.3 Å². The van der Waals surface area contributed by atoms with Gasteiger partial charge in [-0.15, -0.1) is 0 Å². The van der Waals surface area contributed by atoms with Gasteiger partial charge in [-0.25, -0.2) is 0 Å². The van der Waals surface area contributed by atoms with Gasteiger partial charge in [0.05, 0.1) is 0 Å². The second-order valence-electron chi connectivity index (χ2n) is 3.82. The Bertz CT molecular complexity index is 622. The fourth-order valence-corrected chi connectivity index (χ4v) is 1.65. The van der Waals surface area contributed by atoms with Crippen LogP contribution in [0.4, 0.5) is 11.4 Å². The van der Waals surface area contributed by atoms with Gasteiger partial charge in [0.1, 0.15) is 0 Å². The predicted molar refractivity (Wildman–Crippen MR) is 72.4 cm³/mol. The van der Waals surface area contributed by atoms with E-state index < -0.39 is 5.91 Å². The van der Waals surface area contributed by atoms with E-state index in [9.17, 15) is 9.59 Å². The fourth-order valence-electron chi connectivity index (χ4n) is 1.51. The first-order valence-electron chi connectivity index (χ1n) is 5.49. The first-order valence-corrected chi connectivity index (χ1v) is 5.87. The number of amides is 2. The average Bonchev–Trinajstić information content (AvgIpc) is 2.75. The number of furan rings is 1. The van der Waals surface area contributed by atoms with Crippen LogP contribution in [0.5, 0.6) is 0 Å². The summed E-state index contributed by atoms with van der Waals surface area (Å²) in [5.41, 5.74) is 1.14. The summed E-state index contributed by atoms with van der Waals surface area (Å²) in [5, 5.41) is 5.42. The Morgan fingerprint density at radius 2 is 1.79 bits per heavy atom. The van der Waals surface area contributed by atoms with Crippen molar-refractivity contribution in [3.63, 3.8) is 0 Å². The summed E-state index contributed by atoms with van der Waals surface area (Å²) in [4.78, 5) is 22.8. The van der Waals surface area contributed by atoms with Crippen molar-refractivity contribution in [3.8, 4) is 0 Å². The summed E-state index contributed by atoms with van der Waals surface area (Å²) in [6, 6.07) is 9.76. The van der Waals surface area contributed by atoms with E-state index in [0.29, 0.717) is 11.4 Å². The molecule has 2 rings (SSSR count). The van der Waals surface area contributed by atoms with Gasteiger partial charge in [0.25, 0.3) is 5.91 Å². The number of carbonyl (C=O) groups excluding carboxylic acids is 2. The van der Waals surface area contributed by atoms with E-state index in [1.807, 2.05) is 0 Å². The summed E-state index contributed by atoms with van der Waals surface area (Å²) in [5.74, 6) is -0.469. The molecular weight excluding hydrogens is 268 g/mol. The molecule has 6 heteroatoms. The van der Waals surface area contributed by atoms with Crippen LogP contribution in [0.15, 0.2) is 40.8 Å². The number of halogens is 1. The van der Waals surface area contributed by atoms with Crippen molar-refractivity contribution < 1.29 is 14.0 Å². The maximum atomic E-state index is 11.8. The third-order valence-electron chi connectivity index (χ3n) is 2.24. The highest BCUT2D eigenvalue weighted by Gasteiger charge is 2.10. The van der Waals surface area contributed by atoms with Crippen molar-refractivity contribution in [2.75, 3.05) is 10.6 Å². The third kappa shape index (κ3) is 3.59. The van der Waals surface area contributed by atoms with Gasteiger partial charge in [-0.05, 0) is 41.9 Å². The van der Waals surface area contributed by atoms with Crippen molar-refractivity contribution in [2.24, 2.45) is 0 Å². The minimum atomic E-state index is -0.410. The summed E-state index contributed by atoms with van der Waals surface area (Å²) in [7, 11) is 0. The molecule has 0 aliphatic heterocycles. The smallest absolute Gasteiger partial charge is 0.291 e. The lowest BCUT2D eigenvalue weighted by Crippen LogP contribution is -2.11. The minimum absolute atomic E-state index is 0.120. The summed E-state index contributed by atoms with van der Waals surface area (Å²) < 4.78 is 5.00. The highest BCUT2D eigenvalue weighted by atomic mass is 35.5. The van der Waals surface area contributed by atoms with E-state index in [0.717, 1.165) is 0 Å². The molecule has 0 unspecified atom stereocenters. The van der Waals surface area contributed by atoms with Crippen molar-refractivity contribution in [1.82, 2.24) is 0 Å². The van der Waals surface area contributed by atoms with E-state index in [-0.39, 0.29) is 16.9 Å². The maximum Gasteiger partial charge on any atom is 0.291 e. The van der Waals surface area contributed by atoms with E-state index in [1.165, 1.54) is 19.1 Å². The molecule has 1 aromatic heterocycles. The molecule has 0 fully saturated rings. The first kappa shape index (κ1) is 13.2. The van der Waals surface area contributed by atoms with Gasteiger partial charge >= 0.3 is 0 Å². The molecular formula is C13H11ClN2O3. The monoisotopic (exact) mass is 278 g/mol. The highest BCUT2D eigenvalue weighted by Crippen LogP contribution is 2.18. The Morgan fingerprint density at radius 1 is 1.11 bits per heavy atom. The van der Waals surface area contributed by atoms with Crippen LogP contribution in [0.25, 0.3) is 0 Å². The second kappa shape index (κ2) is 5.58. The summed E-state index contributed by atoms with van der Waals surface area (Å²) in [6.45, 7) is 1.41. The number of nitrogens with one attached hydrogen (secondary N) is 2. The number of rotatable bonds is 3. The maximum absolute atomic E-state index is 11.8. The molecule has 0 spiro atoms. The summed E-state index contributed by atoms with van der Waals surface area (Å²) in [6.07, 6.45) is 0. The van der Waals surface area contributed by atoms with Gasteiger partial charge in [0.15, 0.2) is 11.0 Å². The van der Waals surface area contributed by atoms with Crippen LogP contribution in [0, 0.1) is 0 Å². The van der Waals surface area contributed by atoms with Crippen LogP contribution in [-0.2, 0) is 4.79 Å². The molecule has 0 saturated carbocycles. The van der Waals surface area contributed by atoms with Crippen molar-refractivity contribution in [2.45, 2.75) is 6.92 Å². The SMILES string of the molecule is CC(=O)Nc1cccc(NC(=O)c2ccc(Cl)o2)c1. The third-order valence-corrected chi connectivity index (χ3v) is 2.44. The molecule has 19 heavy (non-hydrogen) atoms. The largest absolute Gasteiger partial charge is 0.440 e. The minimum Gasteiger partial charge on any atom is -0.440 e. The van der Waals surface area contributed by atoms with Gasteiger partial charge in [0.2, 0.25) is 5.91 Å². The highest BCUT2D eigenvalue weighted by molar-refractivity contribution is 6.29. The van der Waals surface area contributed by atoms with Crippen LogP contribution in [0.1, 0.15) is 17.5 Å². The molecule has 0 aliphatic rings. The molecule has 98 valence electrons. The lowest BCUT2D eigenvalue weighted by molar-refractivity contribution is -0.114. The molecule has 0 saturated heterocycles. The quantitative estimate of drug-likeness (QED) is 0.906. The van der Waals surface area contributed by atoms with E-state index in [4.69, 9.17) is 16.0 Å². The molecule has 0 radical (unpaired) electrons. The zero-order valence-electron chi connectivity index (χ0n) is 10.1. The van der Waals surface area contributed by atoms with E-state index in [1.54, 1.807) is 24.3 Å². The number of hydrogen-bond donors (Lipinski definition) is 2. The van der Waals surface area contributed by atoms with Crippen LogP contribution < -0.4 is 10.6 Å². The molecule has 1 aromatic carbocycles. The Kier molecular flexibility index (Phi) is 3.87. The Morgan fingerprint density at radius 3 is 2.37 bits per heavy atom. The van der Waals surface area contributed by atoms with Gasteiger partial charge < -0.3 is 15.1 Å². The van der Waals surface area contributed by atoms with Gasteiger partial charge in [-0.1, -0.05) is 6.07 Å². The molecule has 2 N–H and O–H groups in total.